The first-order valence-electron chi connectivity index (χ1n) is 9.48. The highest BCUT2D eigenvalue weighted by Gasteiger charge is 2.25. The smallest absolute Gasteiger partial charge is 0.408 e. The van der Waals surface area contributed by atoms with E-state index < -0.39 is 47.4 Å². The molecule has 10 nitrogen and oxygen atoms in total. The molecule has 0 rings (SSSR count). The second-order valence-corrected chi connectivity index (χ2v) is 8.39. The van der Waals surface area contributed by atoms with E-state index in [4.69, 9.17) is 9.47 Å². The minimum atomic E-state index is -0.975. The van der Waals surface area contributed by atoms with Gasteiger partial charge in [0.1, 0.15) is 23.3 Å². The second kappa shape index (κ2) is 12.0. The van der Waals surface area contributed by atoms with Crippen LogP contribution in [0.4, 0.5) is 9.59 Å². The molecule has 0 aromatic carbocycles. The minimum Gasteiger partial charge on any atom is -0.467 e. The molecule has 0 saturated heterocycles. The van der Waals surface area contributed by atoms with Crippen molar-refractivity contribution in [1.82, 2.24) is 10.6 Å². The van der Waals surface area contributed by atoms with E-state index in [1.165, 1.54) is 14.2 Å². The van der Waals surface area contributed by atoms with Crippen LogP contribution in [0.15, 0.2) is 12.2 Å². The highest BCUT2D eigenvalue weighted by Crippen LogP contribution is 2.09. The molecule has 0 radical (unpaired) electrons. The van der Waals surface area contributed by atoms with Crippen LogP contribution in [-0.2, 0) is 28.5 Å². The van der Waals surface area contributed by atoms with Gasteiger partial charge in [0.2, 0.25) is 0 Å². The summed E-state index contributed by atoms with van der Waals surface area (Å²) in [5.41, 5.74) is -1.44. The predicted molar refractivity (Wildman–Crippen MR) is 109 cm³/mol. The second-order valence-electron chi connectivity index (χ2n) is 8.39. The Kier molecular flexibility index (Phi) is 10.9. The van der Waals surface area contributed by atoms with Gasteiger partial charge in [0.25, 0.3) is 0 Å². The van der Waals surface area contributed by atoms with E-state index >= 15 is 0 Å². The monoisotopic (exact) mass is 430 g/mol. The lowest BCUT2D eigenvalue weighted by Gasteiger charge is -2.22. The standard InChI is InChI=1S/C20H34N2O8/c1-19(2,3)29-17(25)21-13(15(23)27-7)11-9-10-12-14(16(24)28-8)22-18(26)30-20(4,5)6/h9-10,13-14H,11-12H2,1-8H3,(H,21,25)(H,22,26)/b10-9+/t13-,14-/m0/s1. The van der Waals surface area contributed by atoms with Crippen LogP contribution >= 0.6 is 0 Å². The number of amides is 2. The summed E-state index contributed by atoms with van der Waals surface area (Å²) in [6.45, 7) is 10.2. The molecule has 0 aliphatic heterocycles. The van der Waals surface area contributed by atoms with Gasteiger partial charge in [-0.2, -0.15) is 0 Å². The molecule has 172 valence electrons. The maximum Gasteiger partial charge on any atom is 0.408 e. The van der Waals surface area contributed by atoms with Gasteiger partial charge in [0, 0.05) is 0 Å². The quantitative estimate of drug-likeness (QED) is 0.341. The van der Waals surface area contributed by atoms with E-state index in [2.05, 4.69) is 20.1 Å². The summed E-state index contributed by atoms with van der Waals surface area (Å²) in [7, 11) is 2.40. The van der Waals surface area contributed by atoms with Crippen molar-refractivity contribution >= 4 is 24.1 Å². The topological polar surface area (TPSA) is 129 Å². The molecule has 0 bridgehead atoms. The molecule has 0 aromatic rings. The van der Waals surface area contributed by atoms with Crippen LogP contribution in [0.2, 0.25) is 0 Å². The van der Waals surface area contributed by atoms with Crippen LogP contribution in [-0.4, -0.2) is 61.6 Å². The summed E-state index contributed by atoms with van der Waals surface area (Å²) in [6, 6.07) is -1.95. The number of hydrogen-bond donors (Lipinski definition) is 2. The number of hydrogen-bond acceptors (Lipinski definition) is 8. The molecular formula is C20H34N2O8. The lowest BCUT2D eigenvalue weighted by molar-refractivity contribution is -0.143. The fourth-order valence-corrected chi connectivity index (χ4v) is 2.08. The Morgan fingerprint density at radius 1 is 0.700 bits per heavy atom. The molecule has 0 aliphatic rings. The predicted octanol–water partition coefficient (Wildman–Crippen LogP) is 2.46. The van der Waals surface area contributed by atoms with Crippen molar-refractivity contribution in [2.24, 2.45) is 0 Å². The molecule has 2 amide bonds. The van der Waals surface area contributed by atoms with E-state index in [-0.39, 0.29) is 12.8 Å². The Morgan fingerprint density at radius 3 is 1.23 bits per heavy atom. The van der Waals surface area contributed by atoms with Crippen LogP contribution in [0.5, 0.6) is 0 Å². The van der Waals surface area contributed by atoms with Crippen molar-refractivity contribution in [3.63, 3.8) is 0 Å². The van der Waals surface area contributed by atoms with Crippen molar-refractivity contribution in [3.8, 4) is 0 Å². The van der Waals surface area contributed by atoms with Gasteiger partial charge in [-0.25, -0.2) is 19.2 Å². The molecule has 0 heterocycles. The van der Waals surface area contributed by atoms with E-state index in [0.29, 0.717) is 0 Å². The maximum atomic E-state index is 11.9. The minimum absolute atomic E-state index is 0.0895. The molecule has 30 heavy (non-hydrogen) atoms. The normalized spacial score (nSPS) is 13.7. The number of carbonyl (C=O) groups excluding carboxylic acids is 4. The van der Waals surface area contributed by atoms with E-state index in [9.17, 15) is 19.2 Å². The lowest BCUT2D eigenvalue weighted by Crippen LogP contribution is -2.44. The van der Waals surface area contributed by atoms with Gasteiger partial charge in [0.15, 0.2) is 0 Å². The van der Waals surface area contributed by atoms with Crippen LogP contribution in [0.25, 0.3) is 0 Å². The lowest BCUT2D eigenvalue weighted by atomic mass is 10.1. The zero-order valence-electron chi connectivity index (χ0n) is 19.0. The van der Waals surface area contributed by atoms with Crippen LogP contribution < -0.4 is 10.6 Å². The van der Waals surface area contributed by atoms with E-state index in [1.807, 2.05) is 0 Å². The summed E-state index contributed by atoms with van der Waals surface area (Å²) < 4.78 is 19.6. The first-order chi connectivity index (χ1) is 13.7. The summed E-state index contributed by atoms with van der Waals surface area (Å²) in [5.74, 6) is -1.30. The molecule has 0 aliphatic carbocycles. The Bertz CT molecular complexity index is 578. The van der Waals surface area contributed by atoms with Gasteiger partial charge >= 0.3 is 24.1 Å². The van der Waals surface area contributed by atoms with Crippen molar-refractivity contribution in [3.05, 3.63) is 12.2 Å². The van der Waals surface area contributed by atoms with Crippen molar-refractivity contribution < 1.29 is 38.1 Å². The largest absolute Gasteiger partial charge is 0.467 e. The SMILES string of the molecule is COC(=O)[C@H](C/C=C/C[C@H](NC(=O)OC(C)(C)C)C(=O)OC)NC(=O)OC(C)(C)C. The van der Waals surface area contributed by atoms with Gasteiger partial charge in [-0.3, -0.25) is 0 Å². The first-order valence-corrected chi connectivity index (χ1v) is 9.48. The average Bonchev–Trinajstić information content (AvgIpc) is 2.58. The fraction of sp³-hybridized carbons (Fsp3) is 0.700. The third-order valence-electron chi connectivity index (χ3n) is 3.26. The molecule has 0 unspecified atom stereocenters. The molecule has 2 N–H and O–H groups in total. The zero-order valence-corrected chi connectivity index (χ0v) is 19.0. The number of carbonyl (C=O) groups is 4. The third kappa shape index (κ3) is 12.6. The Hall–Kier alpha value is -2.78. The number of alkyl carbamates (subject to hydrolysis) is 2. The highest BCUT2D eigenvalue weighted by atomic mass is 16.6. The molecule has 0 fully saturated rings. The van der Waals surface area contributed by atoms with Crippen molar-refractivity contribution in [2.75, 3.05) is 14.2 Å². The number of rotatable bonds is 8. The summed E-state index contributed by atoms with van der Waals surface area (Å²) in [4.78, 5) is 47.6. The Morgan fingerprint density at radius 2 is 1.00 bits per heavy atom. The molecule has 0 spiro atoms. The fourth-order valence-electron chi connectivity index (χ4n) is 2.08. The van der Waals surface area contributed by atoms with Gasteiger partial charge in [-0.15, -0.1) is 0 Å². The summed E-state index contributed by atoms with van der Waals surface area (Å²) in [6.07, 6.45) is 1.81. The van der Waals surface area contributed by atoms with E-state index in [0.717, 1.165) is 0 Å². The van der Waals surface area contributed by atoms with Gasteiger partial charge in [0.05, 0.1) is 14.2 Å². The molecule has 2 atom stereocenters. The summed E-state index contributed by atoms with van der Waals surface area (Å²) in [5, 5.41) is 4.87. The average molecular weight is 430 g/mol. The van der Waals surface area contributed by atoms with E-state index in [1.54, 1.807) is 53.7 Å². The number of methoxy groups -OCH3 is 2. The maximum absolute atomic E-state index is 11.9. The molecule has 0 saturated carbocycles. The first kappa shape index (κ1) is 27.2. The van der Waals surface area contributed by atoms with Crippen LogP contribution in [0.3, 0.4) is 0 Å². The van der Waals surface area contributed by atoms with Gasteiger partial charge in [-0.05, 0) is 54.4 Å². The van der Waals surface area contributed by atoms with Crippen LogP contribution in [0, 0.1) is 0 Å². The Balaban J connectivity index is 4.95. The number of nitrogens with one attached hydrogen (secondary N) is 2. The molecule has 0 aromatic heterocycles. The molecule has 10 heteroatoms. The molecular weight excluding hydrogens is 396 g/mol. The number of esters is 2. The van der Waals surface area contributed by atoms with Crippen molar-refractivity contribution in [2.45, 2.75) is 77.7 Å². The zero-order chi connectivity index (χ0) is 23.5. The summed E-state index contributed by atoms with van der Waals surface area (Å²) >= 11 is 0. The van der Waals surface area contributed by atoms with Gasteiger partial charge in [-0.1, -0.05) is 12.2 Å². The van der Waals surface area contributed by atoms with Gasteiger partial charge < -0.3 is 29.6 Å². The highest BCUT2D eigenvalue weighted by molar-refractivity contribution is 5.82. The van der Waals surface area contributed by atoms with Crippen molar-refractivity contribution in [1.29, 1.82) is 0 Å². The number of ether oxygens (including phenoxy) is 4. The van der Waals surface area contributed by atoms with Crippen LogP contribution in [0.1, 0.15) is 54.4 Å². The Labute approximate surface area is 177 Å². The third-order valence-corrected chi connectivity index (χ3v) is 3.26.